The number of rotatable bonds is 5. The van der Waals surface area contributed by atoms with Crippen molar-refractivity contribution in [1.82, 2.24) is 14.9 Å². The maximum atomic E-state index is 11.8. The summed E-state index contributed by atoms with van der Waals surface area (Å²) in [6, 6.07) is -0.253. The van der Waals surface area contributed by atoms with Crippen LogP contribution in [0.3, 0.4) is 0 Å². The number of aromatic nitrogens is 2. The second-order valence-electron chi connectivity index (χ2n) is 3.94. The molecule has 0 spiro atoms. The van der Waals surface area contributed by atoms with Crippen molar-refractivity contribution < 1.29 is 9.53 Å². The summed E-state index contributed by atoms with van der Waals surface area (Å²) in [5, 5.41) is 3.17. The van der Waals surface area contributed by atoms with Crippen LogP contribution in [0.15, 0.2) is 12.5 Å². The normalized spacial score (nSPS) is 12.8. The Morgan fingerprint density at radius 3 is 2.75 bits per heavy atom. The van der Waals surface area contributed by atoms with E-state index in [0.29, 0.717) is 6.61 Å². The van der Waals surface area contributed by atoms with E-state index in [0.717, 1.165) is 5.69 Å². The number of ether oxygens (including phenoxy) is 1. The number of imidazole rings is 1. The van der Waals surface area contributed by atoms with E-state index in [2.05, 4.69) is 10.3 Å². The molecule has 1 atom stereocenters. The van der Waals surface area contributed by atoms with Crippen LogP contribution in [-0.2, 0) is 16.6 Å². The van der Waals surface area contributed by atoms with E-state index in [1.54, 1.807) is 19.4 Å². The zero-order valence-corrected chi connectivity index (χ0v) is 10.2. The fourth-order valence-corrected chi connectivity index (χ4v) is 1.48. The molecule has 0 saturated heterocycles. The molecule has 0 aliphatic rings. The summed E-state index contributed by atoms with van der Waals surface area (Å²) in [7, 11) is 1.86. The summed E-state index contributed by atoms with van der Waals surface area (Å²) in [5.41, 5.74) is 0.812. The Labute approximate surface area is 95.8 Å². The molecule has 0 bridgehead atoms. The molecule has 16 heavy (non-hydrogen) atoms. The summed E-state index contributed by atoms with van der Waals surface area (Å²) in [5.74, 6) is -0.264. The predicted octanol–water partition coefficient (Wildman–Crippen LogP) is 1.02. The number of carbonyl (C=O) groups excluding carboxylic acids is 1. The molecule has 1 unspecified atom stereocenters. The van der Waals surface area contributed by atoms with Crippen LogP contribution in [0.2, 0.25) is 0 Å². The molecule has 1 rings (SSSR count). The first-order valence-corrected chi connectivity index (χ1v) is 5.45. The van der Waals surface area contributed by atoms with Gasteiger partial charge in [0.25, 0.3) is 0 Å². The molecule has 1 N–H and O–H groups in total. The maximum Gasteiger partial charge on any atom is 0.329 e. The highest BCUT2D eigenvalue weighted by atomic mass is 16.5. The Kier molecular flexibility index (Phi) is 4.49. The van der Waals surface area contributed by atoms with E-state index >= 15 is 0 Å². The number of carbonyl (C=O) groups is 1. The van der Waals surface area contributed by atoms with Crippen LogP contribution in [0.25, 0.3) is 0 Å². The van der Waals surface area contributed by atoms with Gasteiger partial charge >= 0.3 is 5.97 Å². The molecule has 1 aromatic rings. The summed E-state index contributed by atoms with van der Waals surface area (Å²) in [6.45, 7) is 6.16. The second-order valence-corrected chi connectivity index (χ2v) is 3.94. The average Bonchev–Trinajstić information content (AvgIpc) is 2.61. The molecule has 0 aliphatic carbocycles. The molecule has 0 aromatic carbocycles. The van der Waals surface area contributed by atoms with Gasteiger partial charge in [-0.05, 0) is 20.8 Å². The summed E-state index contributed by atoms with van der Waals surface area (Å²) in [6.07, 6.45) is 3.35. The minimum absolute atomic E-state index is 0.198. The van der Waals surface area contributed by atoms with Gasteiger partial charge in [-0.2, -0.15) is 0 Å². The number of nitrogens with one attached hydrogen (secondary N) is 1. The maximum absolute atomic E-state index is 11.8. The highest BCUT2D eigenvalue weighted by Crippen LogP contribution is 2.14. The van der Waals surface area contributed by atoms with Crippen molar-refractivity contribution in [1.29, 1.82) is 0 Å². The Bertz CT molecular complexity index is 347. The summed E-state index contributed by atoms with van der Waals surface area (Å²) < 4.78 is 6.86. The van der Waals surface area contributed by atoms with Gasteiger partial charge in [0, 0.05) is 13.1 Å². The van der Waals surface area contributed by atoms with Crippen molar-refractivity contribution in [2.24, 2.45) is 7.05 Å². The monoisotopic (exact) mass is 225 g/mol. The van der Waals surface area contributed by atoms with Crippen LogP contribution in [-0.4, -0.2) is 28.2 Å². The molecule has 0 radical (unpaired) electrons. The average molecular weight is 225 g/mol. The van der Waals surface area contributed by atoms with Crippen molar-refractivity contribution in [3.63, 3.8) is 0 Å². The fraction of sp³-hybridized carbons (Fsp3) is 0.636. The minimum atomic E-state index is -0.451. The number of hydrogen-bond donors (Lipinski definition) is 1. The predicted molar refractivity (Wildman–Crippen MR) is 60.9 cm³/mol. The van der Waals surface area contributed by atoms with E-state index in [4.69, 9.17) is 4.74 Å². The third-order valence-corrected chi connectivity index (χ3v) is 2.17. The molecule has 0 saturated carbocycles. The van der Waals surface area contributed by atoms with Gasteiger partial charge in [0.1, 0.15) is 6.04 Å². The molecule has 90 valence electrons. The van der Waals surface area contributed by atoms with Crippen molar-refractivity contribution in [3.05, 3.63) is 18.2 Å². The number of nitrogens with zero attached hydrogens (tertiary/aromatic N) is 2. The lowest BCUT2D eigenvalue weighted by Gasteiger charge is -2.19. The van der Waals surface area contributed by atoms with Crippen LogP contribution in [0.5, 0.6) is 0 Å². The molecule has 5 nitrogen and oxygen atoms in total. The standard InChI is InChI=1S/C11H19N3O2/c1-5-16-11(15)10(13-8(2)3)9-6-12-7-14(9)4/h6-8,10,13H,5H2,1-4H3. The Morgan fingerprint density at radius 1 is 1.62 bits per heavy atom. The molecular weight excluding hydrogens is 206 g/mol. The van der Waals surface area contributed by atoms with E-state index in [-0.39, 0.29) is 12.0 Å². The second kappa shape index (κ2) is 5.65. The Morgan fingerprint density at radius 2 is 2.31 bits per heavy atom. The molecule has 0 fully saturated rings. The van der Waals surface area contributed by atoms with E-state index in [1.165, 1.54) is 0 Å². The molecule has 0 amide bonds. The lowest BCUT2D eigenvalue weighted by molar-refractivity contribution is -0.146. The number of hydrogen-bond acceptors (Lipinski definition) is 4. The van der Waals surface area contributed by atoms with Crippen molar-refractivity contribution in [3.8, 4) is 0 Å². The fourth-order valence-electron chi connectivity index (χ4n) is 1.48. The third kappa shape index (κ3) is 3.06. The van der Waals surface area contributed by atoms with Gasteiger partial charge in [0.05, 0.1) is 24.8 Å². The topological polar surface area (TPSA) is 56.1 Å². The molecule has 1 aromatic heterocycles. The Balaban J connectivity index is 2.87. The van der Waals surface area contributed by atoms with E-state index in [1.807, 2.05) is 25.5 Å². The zero-order valence-electron chi connectivity index (χ0n) is 10.2. The first-order chi connectivity index (χ1) is 7.56. The lowest BCUT2D eigenvalue weighted by Crippen LogP contribution is -2.35. The SMILES string of the molecule is CCOC(=O)C(NC(C)C)c1cncn1C. The molecule has 1 heterocycles. The van der Waals surface area contributed by atoms with Crippen LogP contribution in [0, 0.1) is 0 Å². The first-order valence-electron chi connectivity index (χ1n) is 5.45. The molecular formula is C11H19N3O2. The van der Waals surface area contributed by atoms with E-state index in [9.17, 15) is 4.79 Å². The summed E-state index contributed by atoms with van der Waals surface area (Å²) in [4.78, 5) is 15.8. The van der Waals surface area contributed by atoms with Gasteiger partial charge in [-0.25, -0.2) is 9.78 Å². The van der Waals surface area contributed by atoms with Gasteiger partial charge in [0.15, 0.2) is 0 Å². The first kappa shape index (κ1) is 12.7. The van der Waals surface area contributed by atoms with Crippen LogP contribution in [0.1, 0.15) is 32.5 Å². The van der Waals surface area contributed by atoms with E-state index < -0.39 is 6.04 Å². The van der Waals surface area contributed by atoms with Crippen molar-refractivity contribution in [2.45, 2.75) is 32.9 Å². The highest BCUT2D eigenvalue weighted by Gasteiger charge is 2.24. The minimum Gasteiger partial charge on any atom is -0.465 e. The number of aryl methyl sites for hydroxylation is 1. The highest BCUT2D eigenvalue weighted by molar-refractivity contribution is 5.77. The molecule has 0 aliphatic heterocycles. The van der Waals surface area contributed by atoms with Crippen LogP contribution in [0.4, 0.5) is 0 Å². The van der Waals surface area contributed by atoms with Crippen molar-refractivity contribution >= 4 is 5.97 Å². The van der Waals surface area contributed by atoms with Crippen LogP contribution < -0.4 is 5.32 Å². The third-order valence-electron chi connectivity index (χ3n) is 2.17. The van der Waals surface area contributed by atoms with Crippen molar-refractivity contribution in [2.75, 3.05) is 6.61 Å². The quantitative estimate of drug-likeness (QED) is 0.760. The van der Waals surface area contributed by atoms with Gasteiger partial charge in [0.2, 0.25) is 0 Å². The Hall–Kier alpha value is -1.36. The van der Waals surface area contributed by atoms with Crippen LogP contribution >= 0.6 is 0 Å². The molecule has 5 heteroatoms. The van der Waals surface area contributed by atoms with Gasteiger partial charge in [-0.1, -0.05) is 0 Å². The smallest absolute Gasteiger partial charge is 0.329 e. The summed E-state index contributed by atoms with van der Waals surface area (Å²) >= 11 is 0. The van der Waals surface area contributed by atoms with Gasteiger partial charge in [-0.3, -0.25) is 5.32 Å². The van der Waals surface area contributed by atoms with Gasteiger partial charge in [-0.15, -0.1) is 0 Å². The lowest BCUT2D eigenvalue weighted by atomic mass is 10.2. The van der Waals surface area contributed by atoms with Gasteiger partial charge < -0.3 is 9.30 Å². The largest absolute Gasteiger partial charge is 0.465 e. The number of esters is 1. The zero-order chi connectivity index (χ0) is 12.1.